The number of amides is 1. The molecular formula is C16H21Cl2N5O. The molecule has 6 nitrogen and oxygen atoms in total. The Morgan fingerprint density at radius 1 is 1.17 bits per heavy atom. The van der Waals surface area contributed by atoms with Gasteiger partial charge in [-0.2, -0.15) is 0 Å². The lowest BCUT2D eigenvalue weighted by Gasteiger charge is -2.29. The number of carbonyl (C=O) groups is 1. The minimum absolute atomic E-state index is 0. The van der Waals surface area contributed by atoms with Crippen molar-refractivity contribution in [1.29, 1.82) is 0 Å². The first kappa shape index (κ1) is 20.2. The molecule has 3 rings (SSSR count). The van der Waals surface area contributed by atoms with Gasteiger partial charge in [0, 0.05) is 38.6 Å². The molecule has 0 aliphatic carbocycles. The molecule has 1 fully saturated rings. The number of aryl methyl sites for hydroxylation is 1. The Kier molecular flexibility index (Phi) is 7.91. The van der Waals surface area contributed by atoms with Crippen molar-refractivity contribution in [2.75, 3.05) is 36.4 Å². The summed E-state index contributed by atoms with van der Waals surface area (Å²) in [5.74, 6) is 0.351. The van der Waals surface area contributed by atoms with E-state index in [0.717, 1.165) is 37.4 Å². The molecule has 3 heterocycles. The van der Waals surface area contributed by atoms with Gasteiger partial charge in [0.2, 0.25) is 0 Å². The number of rotatable bonds is 3. The molecule has 0 saturated carbocycles. The van der Waals surface area contributed by atoms with Gasteiger partial charge in [-0.1, -0.05) is 0 Å². The van der Waals surface area contributed by atoms with Gasteiger partial charge in [-0.05, 0) is 30.7 Å². The third kappa shape index (κ3) is 5.06. The van der Waals surface area contributed by atoms with E-state index in [4.69, 9.17) is 0 Å². The maximum Gasteiger partial charge on any atom is 0.258 e. The Hall–Kier alpha value is -1.89. The van der Waals surface area contributed by atoms with E-state index in [2.05, 4.69) is 25.5 Å². The average Bonchev–Trinajstić information content (AvgIpc) is 2.56. The normalized spacial score (nSPS) is 13.5. The molecule has 0 unspecified atom stereocenters. The van der Waals surface area contributed by atoms with Crippen LogP contribution in [-0.4, -0.2) is 42.1 Å². The Labute approximate surface area is 153 Å². The number of halogens is 2. The number of hydrogen-bond acceptors (Lipinski definition) is 5. The van der Waals surface area contributed by atoms with Gasteiger partial charge in [0.15, 0.2) is 0 Å². The number of nitrogens with one attached hydrogen (secondary N) is 2. The van der Waals surface area contributed by atoms with Crippen LogP contribution in [0.4, 0.5) is 11.5 Å². The third-order valence-corrected chi connectivity index (χ3v) is 3.61. The zero-order valence-corrected chi connectivity index (χ0v) is 15.0. The molecule has 2 aromatic rings. The van der Waals surface area contributed by atoms with Crippen molar-refractivity contribution in [2.45, 2.75) is 6.92 Å². The summed E-state index contributed by atoms with van der Waals surface area (Å²) in [6.07, 6.45) is 5.07. The van der Waals surface area contributed by atoms with Gasteiger partial charge in [-0.25, -0.2) is 4.98 Å². The molecule has 130 valence electrons. The fraction of sp³-hybridized carbons (Fsp3) is 0.312. The molecule has 1 aliphatic rings. The first-order chi connectivity index (χ1) is 10.7. The van der Waals surface area contributed by atoms with Crippen LogP contribution in [-0.2, 0) is 0 Å². The quantitative estimate of drug-likeness (QED) is 0.868. The van der Waals surface area contributed by atoms with E-state index in [1.165, 1.54) is 0 Å². The molecule has 1 aliphatic heterocycles. The summed E-state index contributed by atoms with van der Waals surface area (Å²) in [7, 11) is 0. The molecule has 0 atom stereocenters. The maximum absolute atomic E-state index is 12.1. The molecule has 1 saturated heterocycles. The Morgan fingerprint density at radius 3 is 2.54 bits per heavy atom. The highest BCUT2D eigenvalue weighted by Gasteiger charge is 2.11. The fourth-order valence-electron chi connectivity index (χ4n) is 2.44. The van der Waals surface area contributed by atoms with Gasteiger partial charge in [0.25, 0.3) is 5.91 Å². The molecule has 1 amide bonds. The van der Waals surface area contributed by atoms with Crippen molar-refractivity contribution < 1.29 is 4.79 Å². The average molecular weight is 370 g/mol. The molecule has 24 heavy (non-hydrogen) atoms. The number of piperazine rings is 1. The van der Waals surface area contributed by atoms with Crippen LogP contribution in [0.1, 0.15) is 15.9 Å². The Morgan fingerprint density at radius 2 is 1.92 bits per heavy atom. The van der Waals surface area contributed by atoms with Crippen LogP contribution in [0.5, 0.6) is 0 Å². The molecular weight excluding hydrogens is 349 g/mol. The zero-order valence-electron chi connectivity index (χ0n) is 13.4. The van der Waals surface area contributed by atoms with Crippen molar-refractivity contribution in [3.63, 3.8) is 0 Å². The van der Waals surface area contributed by atoms with E-state index < -0.39 is 0 Å². The molecule has 8 heteroatoms. The third-order valence-electron chi connectivity index (χ3n) is 3.61. The van der Waals surface area contributed by atoms with Crippen LogP contribution in [0.25, 0.3) is 0 Å². The highest BCUT2D eigenvalue weighted by molar-refractivity contribution is 6.03. The van der Waals surface area contributed by atoms with Gasteiger partial charge in [0.1, 0.15) is 5.82 Å². The molecule has 0 radical (unpaired) electrons. The number of aromatic nitrogens is 2. The van der Waals surface area contributed by atoms with Crippen LogP contribution in [0.15, 0.2) is 36.8 Å². The van der Waals surface area contributed by atoms with Crippen molar-refractivity contribution in [2.24, 2.45) is 0 Å². The van der Waals surface area contributed by atoms with E-state index >= 15 is 0 Å². The highest BCUT2D eigenvalue weighted by atomic mass is 35.5. The summed E-state index contributed by atoms with van der Waals surface area (Å²) < 4.78 is 0. The van der Waals surface area contributed by atoms with Crippen molar-refractivity contribution in [1.82, 2.24) is 15.3 Å². The molecule has 0 spiro atoms. The van der Waals surface area contributed by atoms with E-state index in [0.29, 0.717) is 11.4 Å². The predicted molar refractivity (Wildman–Crippen MR) is 101 cm³/mol. The second kappa shape index (κ2) is 9.42. The monoisotopic (exact) mass is 369 g/mol. The topological polar surface area (TPSA) is 70.2 Å². The summed E-state index contributed by atoms with van der Waals surface area (Å²) in [4.78, 5) is 22.8. The van der Waals surface area contributed by atoms with Crippen LogP contribution < -0.4 is 15.5 Å². The number of pyridine rings is 2. The summed E-state index contributed by atoms with van der Waals surface area (Å²) in [6.45, 7) is 5.83. The largest absolute Gasteiger partial charge is 0.368 e. The minimum Gasteiger partial charge on any atom is -0.368 e. The van der Waals surface area contributed by atoms with Gasteiger partial charge in [-0.3, -0.25) is 9.78 Å². The molecule has 0 bridgehead atoms. The lowest BCUT2D eigenvalue weighted by Crippen LogP contribution is -2.43. The Bertz CT molecular complexity index is 660. The van der Waals surface area contributed by atoms with E-state index in [1.54, 1.807) is 24.7 Å². The van der Waals surface area contributed by atoms with Gasteiger partial charge in [0.05, 0.1) is 17.4 Å². The maximum atomic E-state index is 12.1. The smallest absolute Gasteiger partial charge is 0.258 e. The summed E-state index contributed by atoms with van der Waals surface area (Å²) in [6, 6.07) is 5.62. The number of hydrogen-bond donors (Lipinski definition) is 2. The minimum atomic E-state index is -0.196. The second-order valence-corrected chi connectivity index (χ2v) is 5.34. The van der Waals surface area contributed by atoms with Crippen molar-refractivity contribution in [3.8, 4) is 0 Å². The van der Waals surface area contributed by atoms with Gasteiger partial charge < -0.3 is 15.5 Å². The number of anilines is 2. The van der Waals surface area contributed by atoms with E-state index in [1.807, 2.05) is 19.1 Å². The summed E-state index contributed by atoms with van der Waals surface area (Å²) in [5.41, 5.74) is 2.57. The van der Waals surface area contributed by atoms with Gasteiger partial charge in [-0.15, -0.1) is 24.8 Å². The van der Waals surface area contributed by atoms with Crippen LogP contribution in [0.2, 0.25) is 0 Å². The second-order valence-electron chi connectivity index (χ2n) is 5.34. The predicted octanol–water partition coefficient (Wildman–Crippen LogP) is 2.29. The molecule has 0 aromatic carbocycles. The summed E-state index contributed by atoms with van der Waals surface area (Å²) in [5, 5.41) is 6.11. The first-order valence-electron chi connectivity index (χ1n) is 7.37. The Balaban J connectivity index is 0.00000144. The SMILES string of the molecule is Cc1cncc(C(=O)Nc2ccc(N3CCNCC3)cn2)c1.Cl.Cl. The van der Waals surface area contributed by atoms with Crippen molar-refractivity contribution >= 4 is 42.2 Å². The summed E-state index contributed by atoms with van der Waals surface area (Å²) >= 11 is 0. The van der Waals surface area contributed by atoms with Gasteiger partial charge >= 0.3 is 0 Å². The van der Waals surface area contributed by atoms with Crippen LogP contribution in [0, 0.1) is 6.92 Å². The fourth-order valence-corrected chi connectivity index (χ4v) is 2.44. The van der Waals surface area contributed by atoms with Crippen molar-refractivity contribution in [3.05, 3.63) is 47.9 Å². The lowest BCUT2D eigenvalue weighted by molar-refractivity contribution is 0.102. The molecule has 2 aromatic heterocycles. The van der Waals surface area contributed by atoms with Crippen LogP contribution >= 0.6 is 24.8 Å². The number of nitrogens with zero attached hydrogens (tertiary/aromatic N) is 3. The van der Waals surface area contributed by atoms with Crippen LogP contribution in [0.3, 0.4) is 0 Å². The highest BCUT2D eigenvalue weighted by Crippen LogP contribution is 2.16. The van der Waals surface area contributed by atoms with E-state index in [9.17, 15) is 4.79 Å². The molecule has 2 N–H and O–H groups in total. The van der Waals surface area contributed by atoms with E-state index in [-0.39, 0.29) is 30.7 Å². The first-order valence-corrected chi connectivity index (χ1v) is 7.37. The standard InChI is InChI=1S/C16H19N5O.2ClH/c1-12-8-13(10-18-9-12)16(22)20-15-3-2-14(11-19-15)21-6-4-17-5-7-21;;/h2-3,8-11,17H,4-7H2,1H3,(H,19,20,22);2*1H. The zero-order chi connectivity index (χ0) is 15.4. The number of carbonyl (C=O) groups excluding carboxylic acids is 1. The lowest BCUT2D eigenvalue weighted by atomic mass is 10.2.